The molecule has 0 saturated carbocycles. The first-order valence-electron chi connectivity index (χ1n) is 8.07. The number of hydrogen-bond donors (Lipinski definition) is 2. The fraction of sp³-hybridized carbons (Fsp3) is 0.263. The summed E-state index contributed by atoms with van der Waals surface area (Å²) < 4.78 is 18.5. The number of halogens is 1. The van der Waals surface area contributed by atoms with Gasteiger partial charge in [0.1, 0.15) is 11.6 Å². The van der Waals surface area contributed by atoms with Gasteiger partial charge in [0.2, 0.25) is 0 Å². The number of ether oxygens (including phenoxy) is 1. The molecule has 2 amide bonds. The molecule has 0 unspecified atom stereocenters. The van der Waals surface area contributed by atoms with Gasteiger partial charge in [0.05, 0.1) is 11.7 Å². The standard InChI is InChI=1S/C19H19FN2O3/c1-11(2)18(12-3-6-14(20)7-4-12)22-19(24)13-5-8-15-16(9-13)25-10-17(23)21-15/h3-9,11,18H,10H2,1-2H3,(H,21,23)(H,22,24)/t18-/m1/s1. The minimum atomic E-state index is -0.313. The number of nitrogens with one attached hydrogen (secondary N) is 2. The molecule has 1 aliphatic rings. The van der Waals surface area contributed by atoms with Gasteiger partial charge in [-0.15, -0.1) is 0 Å². The molecule has 1 atom stereocenters. The summed E-state index contributed by atoms with van der Waals surface area (Å²) in [4.78, 5) is 23.9. The van der Waals surface area contributed by atoms with E-state index in [4.69, 9.17) is 4.74 Å². The Morgan fingerprint density at radius 2 is 1.92 bits per heavy atom. The Kier molecular flexibility index (Phi) is 4.70. The van der Waals surface area contributed by atoms with Crippen LogP contribution in [0.3, 0.4) is 0 Å². The third kappa shape index (κ3) is 3.79. The summed E-state index contributed by atoms with van der Waals surface area (Å²) in [6.45, 7) is 3.90. The fourth-order valence-corrected chi connectivity index (χ4v) is 2.75. The molecular formula is C19H19FN2O3. The molecular weight excluding hydrogens is 323 g/mol. The number of anilines is 1. The van der Waals surface area contributed by atoms with Gasteiger partial charge in [-0.1, -0.05) is 26.0 Å². The van der Waals surface area contributed by atoms with Gasteiger partial charge in [0, 0.05) is 5.56 Å². The molecule has 2 aromatic rings. The van der Waals surface area contributed by atoms with Crippen LogP contribution < -0.4 is 15.4 Å². The molecule has 0 bridgehead atoms. The summed E-state index contributed by atoms with van der Waals surface area (Å²) in [7, 11) is 0. The van der Waals surface area contributed by atoms with Crippen LogP contribution in [0.1, 0.15) is 35.8 Å². The van der Waals surface area contributed by atoms with Gasteiger partial charge in [0.15, 0.2) is 6.61 Å². The van der Waals surface area contributed by atoms with Crippen molar-refractivity contribution in [3.05, 3.63) is 59.4 Å². The Labute approximate surface area is 145 Å². The molecule has 0 spiro atoms. The van der Waals surface area contributed by atoms with Crippen LogP contribution in [0.2, 0.25) is 0 Å². The normalized spacial score (nSPS) is 14.3. The maximum atomic E-state index is 13.1. The van der Waals surface area contributed by atoms with Crippen LogP contribution in [0, 0.1) is 11.7 Å². The van der Waals surface area contributed by atoms with Crippen molar-refractivity contribution in [1.29, 1.82) is 0 Å². The SMILES string of the molecule is CC(C)[C@@H](NC(=O)c1ccc2c(c1)OCC(=O)N2)c1ccc(F)cc1. The molecule has 25 heavy (non-hydrogen) atoms. The second kappa shape index (κ2) is 6.93. The van der Waals surface area contributed by atoms with Crippen molar-refractivity contribution in [2.45, 2.75) is 19.9 Å². The lowest BCUT2D eigenvalue weighted by Crippen LogP contribution is -2.32. The van der Waals surface area contributed by atoms with E-state index < -0.39 is 0 Å². The van der Waals surface area contributed by atoms with Gasteiger partial charge < -0.3 is 15.4 Å². The second-order valence-corrected chi connectivity index (χ2v) is 6.29. The van der Waals surface area contributed by atoms with Crippen molar-refractivity contribution < 1.29 is 18.7 Å². The van der Waals surface area contributed by atoms with Gasteiger partial charge >= 0.3 is 0 Å². The number of hydrogen-bond acceptors (Lipinski definition) is 3. The zero-order chi connectivity index (χ0) is 18.0. The van der Waals surface area contributed by atoms with Crippen LogP contribution >= 0.6 is 0 Å². The fourth-order valence-electron chi connectivity index (χ4n) is 2.75. The quantitative estimate of drug-likeness (QED) is 0.896. The smallest absolute Gasteiger partial charge is 0.262 e. The van der Waals surface area contributed by atoms with E-state index in [1.165, 1.54) is 12.1 Å². The van der Waals surface area contributed by atoms with E-state index in [0.29, 0.717) is 17.0 Å². The lowest BCUT2D eigenvalue weighted by molar-refractivity contribution is -0.118. The van der Waals surface area contributed by atoms with Crippen molar-refractivity contribution in [2.24, 2.45) is 5.92 Å². The Balaban J connectivity index is 1.80. The highest BCUT2D eigenvalue weighted by molar-refractivity contribution is 5.99. The summed E-state index contributed by atoms with van der Waals surface area (Å²) in [5, 5.41) is 5.66. The van der Waals surface area contributed by atoms with Crippen LogP contribution in [0.15, 0.2) is 42.5 Å². The number of rotatable bonds is 4. The molecule has 0 aromatic heterocycles. The number of amides is 2. The molecule has 0 radical (unpaired) electrons. The summed E-state index contributed by atoms with van der Waals surface area (Å²) in [5.74, 6) is -0.198. The minimum Gasteiger partial charge on any atom is -0.482 e. The molecule has 0 fully saturated rings. The molecule has 0 saturated heterocycles. The Bertz CT molecular complexity index is 803. The summed E-state index contributed by atoms with van der Waals surface area (Å²) in [6.07, 6.45) is 0. The topological polar surface area (TPSA) is 67.4 Å². The zero-order valence-corrected chi connectivity index (χ0v) is 14.0. The van der Waals surface area contributed by atoms with Crippen molar-refractivity contribution in [1.82, 2.24) is 5.32 Å². The van der Waals surface area contributed by atoms with E-state index in [1.807, 2.05) is 13.8 Å². The lowest BCUT2D eigenvalue weighted by atomic mass is 9.95. The van der Waals surface area contributed by atoms with E-state index in [-0.39, 0.29) is 36.2 Å². The number of carbonyl (C=O) groups excluding carboxylic acids is 2. The molecule has 5 nitrogen and oxygen atoms in total. The van der Waals surface area contributed by atoms with Gasteiger partial charge in [-0.2, -0.15) is 0 Å². The van der Waals surface area contributed by atoms with Crippen LogP contribution in [-0.4, -0.2) is 18.4 Å². The van der Waals surface area contributed by atoms with E-state index in [1.54, 1.807) is 30.3 Å². The highest BCUT2D eigenvalue weighted by Crippen LogP contribution is 2.29. The molecule has 1 aliphatic heterocycles. The highest BCUT2D eigenvalue weighted by Gasteiger charge is 2.21. The Morgan fingerprint density at radius 1 is 1.20 bits per heavy atom. The average molecular weight is 342 g/mol. The van der Waals surface area contributed by atoms with E-state index in [9.17, 15) is 14.0 Å². The van der Waals surface area contributed by atoms with Crippen LogP contribution in [0.4, 0.5) is 10.1 Å². The van der Waals surface area contributed by atoms with Crippen molar-refractivity contribution in [2.75, 3.05) is 11.9 Å². The van der Waals surface area contributed by atoms with Gasteiger partial charge in [0.25, 0.3) is 11.8 Å². The van der Waals surface area contributed by atoms with Gasteiger partial charge in [-0.3, -0.25) is 9.59 Å². The van der Waals surface area contributed by atoms with Gasteiger partial charge in [-0.05, 0) is 41.8 Å². The monoisotopic (exact) mass is 342 g/mol. The third-order valence-electron chi connectivity index (χ3n) is 4.06. The Morgan fingerprint density at radius 3 is 2.60 bits per heavy atom. The minimum absolute atomic E-state index is 0.0672. The Hall–Kier alpha value is -2.89. The molecule has 6 heteroatoms. The lowest BCUT2D eigenvalue weighted by Gasteiger charge is -2.24. The van der Waals surface area contributed by atoms with E-state index in [0.717, 1.165) is 5.56 Å². The van der Waals surface area contributed by atoms with Crippen LogP contribution in [0.25, 0.3) is 0 Å². The molecule has 130 valence electrons. The number of benzene rings is 2. The first kappa shape index (κ1) is 17.0. The van der Waals surface area contributed by atoms with Crippen LogP contribution in [0.5, 0.6) is 5.75 Å². The first-order chi connectivity index (χ1) is 11.9. The van der Waals surface area contributed by atoms with E-state index in [2.05, 4.69) is 10.6 Å². The maximum absolute atomic E-state index is 13.1. The predicted molar refractivity (Wildman–Crippen MR) is 92.0 cm³/mol. The summed E-state index contributed by atoms with van der Waals surface area (Å²) >= 11 is 0. The average Bonchev–Trinajstić information content (AvgIpc) is 2.59. The summed E-state index contributed by atoms with van der Waals surface area (Å²) in [5.41, 5.74) is 1.82. The maximum Gasteiger partial charge on any atom is 0.262 e. The number of carbonyl (C=O) groups is 2. The third-order valence-corrected chi connectivity index (χ3v) is 4.06. The highest BCUT2D eigenvalue weighted by atomic mass is 19.1. The van der Waals surface area contributed by atoms with Crippen LogP contribution in [-0.2, 0) is 4.79 Å². The molecule has 3 rings (SSSR count). The molecule has 2 N–H and O–H groups in total. The number of fused-ring (bicyclic) bond motifs is 1. The van der Waals surface area contributed by atoms with Crippen molar-refractivity contribution in [3.63, 3.8) is 0 Å². The zero-order valence-electron chi connectivity index (χ0n) is 14.0. The first-order valence-corrected chi connectivity index (χ1v) is 8.07. The van der Waals surface area contributed by atoms with Crippen molar-refractivity contribution in [3.8, 4) is 5.75 Å². The largest absolute Gasteiger partial charge is 0.482 e. The summed E-state index contributed by atoms with van der Waals surface area (Å²) in [6, 6.07) is 10.7. The predicted octanol–water partition coefficient (Wildman–Crippen LogP) is 3.28. The van der Waals surface area contributed by atoms with Gasteiger partial charge in [-0.25, -0.2) is 4.39 Å². The molecule has 0 aliphatic carbocycles. The van der Waals surface area contributed by atoms with Crippen molar-refractivity contribution >= 4 is 17.5 Å². The molecule has 1 heterocycles. The molecule has 2 aromatic carbocycles. The van der Waals surface area contributed by atoms with E-state index >= 15 is 0 Å². The second-order valence-electron chi connectivity index (χ2n) is 6.29.